The predicted molar refractivity (Wildman–Crippen MR) is 32.0 cm³/mol. The van der Waals surface area contributed by atoms with Gasteiger partial charge < -0.3 is 11.6 Å². The van der Waals surface area contributed by atoms with Gasteiger partial charge in [-0.1, -0.05) is 12.2 Å². The minimum absolute atomic E-state index is 0.252. The van der Waals surface area contributed by atoms with Crippen LogP contribution in [0.25, 0.3) is 0 Å². The molecular formula is C2H5N5S. The van der Waals surface area contributed by atoms with E-state index in [-0.39, 0.29) is 5.82 Å². The zero-order chi connectivity index (χ0) is 6.15. The Morgan fingerprint density at radius 2 is 2.38 bits per heavy atom. The summed E-state index contributed by atoms with van der Waals surface area (Å²) in [6, 6.07) is 0. The standard InChI is InChI=1S/C2H5N5S/c3-1-2(8)7(4)6-5-1/h6H,4H2,(H2,3,5). The topological polar surface area (TPSA) is 85.6 Å². The zero-order valence-electron chi connectivity index (χ0n) is 3.96. The fourth-order valence-corrected chi connectivity index (χ4v) is 0.411. The number of aromatic nitrogens is 3. The van der Waals surface area contributed by atoms with Crippen molar-refractivity contribution in [3.8, 4) is 0 Å². The van der Waals surface area contributed by atoms with Gasteiger partial charge in [-0.05, 0) is 0 Å². The summed E-state index contributed by atoms with van der Waals surface area (Å²) >= 11 is 4.65. The van der Waals surface area contributed by atoms with Gasteiger partial charge in [-0.15, -0.1) is 5.10 Å². The molecule has 1 rings (SSSR count). The van der Waals surface area contributed by atoms with Crippen LogP contribution in [0, 0.1) is 4.64 Å². The van der Waals surface area contributed by atoms with Crippen molar-refractivity contribution in [1.29, 1.82) is 0 Å². The second-order valence-electron chi connectivity index (χ2n) is 1.27. The number of hydrogen-bond acceptors (Lipinski definition) is 4. The Balaban J connectivity index is 3.42. The highest BCUT2D eigenvalue weighted by Crippen LogP contribution is 1.92. The first kappa shape index (κ1) is 5.10. The van der Waals surface area contributed by atoms with Crippen LogP contribution in [0.1, 0.15) is 0 Å². The molecule has 0 saturated heterocycles. The largest absolute Gasteiger partial charge is 0.380 e. The zero-order valence-corrected chi connectivity index (χ0v) is 4.77. The van der Waals surface area contributed by atoms with Crippen LogP contribution < -0.4 is 11.6 Å². The molecule has 44 valence electrons. The number of anilines is 1. The van der Waals surface area contributed by atoms with Gasteiger partial charge in [0.15, 0.2) is 10.5 Å². The number of aromatic amines is 1. The molecule has 0 unspecified atom stereocenters. The van der Waals surface area contributed by atoms with Gasteiger partial charge in [-0.25, -0.2) is 0 Å². The molecule has 8 heavy (non-hydrogen) atoms. The number of rotatable bonds is 0. The first-order chi connectivity index (χ1) is 3.72. The summed E-state index contributed by atoms with van der Waals surface area (Å²) in [4.78, 5) is 1.07. The first-order valence-electron chi connectivity index (χ1n) is 1.90. The lowest BCUT2D eigenvalue weighted by Gasteiger charge is -1.81. The van der Waals surface area contributed by atoms with Crippen molar-refractivity contribution in [2.24, 2.45) is 0 Å². The average Bonchev–Trinajstić information content (AvgIpc) is 1.98. The van der Waals surface area contributed by atoms with Crippen LogP contribution in [0.5, 0.6) is 0 Å². The van der Waals surface area contributed by atoms with E-state index >= 15 is 0 Å². The molecule has 0 aromatic carbocycles. The molecular weight excluding hydrogens is 126 g/mol. The van der Waals surface area contributed by atoms with Gasteiger partial charge in [0.2, 0.25) is 0 Å². The average molecular weight is 131 g/mol. The Bertz CT molecular complexity index is 210. The van der Waals surface area contributed by atoms with Gasteiger partial charge in [0.25, 0.3) is 0 Å². The lowest BCUT2D eigenvalue weighted by atomic mass is 10.8. The van der Waals surface area contributed by atoms with E-state index in [4.69, 9.17) is 11.6 Å². The van der Waals surface area contributed by atoms with Gasteiger partial charge in [0, 0.05) is 0 Å². The number of nitrogens with two attached hydrogens (primary N) is 2. The van der Waals surface area contributed by atoms with Crippen LogP contribution in [0.3, 0.4) is 0 Å². The Morgan fingerprint density at radius 3 is 2.50 bits per heavy atom. The van der Waals surface area contributed by atoms with E-state index in [2.05, 4.69) is 22.5 Å². The molecule has 1 aromatic heterocycles. The Hall–Kier alpha value is -1.04. The van der Waals surface area contributed by atoms with Crippen molar-refractivity contribution in [2.75, 3.05) is 11.6 Å². The van der Waals surface area contributed by atoms with E-state index in [0.717, 1.165) is 4.79 Å². The molecule has 0 fully saturated rings. The highest BCUT2D eigenvalue weighted by molar-refractivity contribution is 7.71. The molecule has 5 N–H and O–H groups in total. The molecule has 0 aliphatic heterocycles. The molecule has 0 atom stereocenters. The Labute approximate surface area is 50.2 Å². The Kier molecular flexibility index (Phi) is 0.943. The van der Waals surface area contributed by atoms with Crippen molar-refractivity contribution in [3.63, 3.8) is 0 Å². The first-order valence-corrected chi connectivity index (χ1v) is 2.30. The maximum Gasteiger partial charge on any atom is 0.189 e. The summed E-state index contributed by atoms with van der Waals surface area (Å²) in [5.74, 6) is 5.41. The van der Waals surface area contributed by atoms with Crippen LogP contribution in [0.15, 0.2) is 0 Å². The molecule has 0 bridgehead atoms. The van der Waals surface area contributed by atoms with Crippen LogP contribution in [-0.4, -0.2) is 15.1 Å². The molecule has 0 amide bonds. The normalized spacial score (nSPS) is 9.50. The summed E-state index contributed by atoms with van der Waals surface area (Å²) in [6.45, 7) is 0. The van der Waals surface area contributed by atoms with E-state index in [1.165, 1.54) is 0 Å². The van der Waals surface area contributed by atoms with Crippen molar-refractivity contribution < 1.29 is 0 Å². The van der Waals surface area contributed by atoms with Crippen molar-refractivity contribution in [3.05, 3.63) is 4.64 Å². The van der Waals surface area contributed by atoms with E-state index in [1.807, 2.05) is 0 Å². The monoisotopic (exact) mass is 131 g/mol. The minimum Gasteiger partial charge on any atom is -0.380 e. The Morgan fingerprint density at radius 1 is 1.75 bits per heavy atom. The van der Waals surface area contributed by atoms with Crippen molar-refractivity contribution >= 4 is 18.0 Å². The van der Waals surface area contributed by atoms with Gasteiger partial charge in [0.05, 0.1) is 0 Å². The van der Waals surface area contributed by atoms with Gasteiger partial charge >= 0.3 is 0 Å². The fraction of sp³-hybridized carbons (Fsp3) is 0. The van der Waals surface area contributed by atoms with E-state index in [1.54, 1.807) is 0 Å². The van der Waals surface area contributed by atoms with Crippen molar-refractivity contribution in [1.82, 2.24) is 15.1 Å². The van der Waals surface area contributed by atoms with E-state index in [9.17, 15) is 0 Å². The summed E-state index contributed by atoms with van der Waals surface area (Å²) in [5.41, 5.74) is 5.19. The predicted octanol–water partition coefficient (Wildman–Crippen LogP) is -0.763. The number of nitrogens with zero attached hydrogens (tertiary/aromatic N) is 2. The third-order valence-electron chi connectivity index (χ3n) is 0.716. The second-order valence-corrected chi connectivity index (χ2v) is 1.66. The SMILES string of the molecule is Nc1n[nH]n(N)c1=S. The lowest BCUT2D eigenvalue weighted by molar-refractivity contribution is 0.759. The van der Waals surface area contributed by atoms with Crippen LogP contribution in [0.2, 0.25) is 0 Å². The molecule has 0 aliphatic rings. The molecule has 0 spiro atoms. The maximum atomic E-state index is 5.19. The third kappa shape index (κ3) is 0.544. The number of nitrogen functional groups attached to an aromatic ring is 2. The van der Waals surface area contributed by atoms with E-state index in [0.29, 0.717) is 4.64 Å². The highest BCUT2D eigenvalue weighted by atomic mass is 32.1. The molecule has 6 heteroatoms. The number of hydrogen-bond donors (Lipinski definition) is 3. The summed E-state index contributed by atoms with van der Waals surface area (Å²) in [7, 11) is 0. The van der Waals surface area contributed by atoms with Crippen LogP contribution in [-0.2, 0) is 0 Å². The quantitative estimate of drug-likeness (QED) is 0.319. The minimum atomic E-state index is 0.252. The summed E-state index contributed by atoms with van der Waals surface area (Å²) in [5, 5.41) is 5.85. The summed E-state index contributed by atoms with van der Waals surface area (Å²) in [6.07, 6.45) is 0. The van der Waals surface area contributed by atoms with Gasteiger partial charge in [-0.2, -0.15) is 10.0 Å². The maximum absolute atomic E-state index is 5.19. The molecule has 1 heterocycles. The van der Waals surface area contributed by atoms with Crippen molar-refractivity contribution in [2.45, 2.75) is 0 Å². The van der Waals surface area contributed by atoms with E-state index < -0.39 is 0 Å². The lowest BCUT2D eigenvalue weighted by Crippen LogP contribution is -2.09. The van der Waals surface area contributed by atoms with Gasteiger partial charge in [0.1, 0.15) is 0 Å². The third-order valence-corrected chi connectivity index (χ3v) is 1.12. The number of H-pyrrole nitrogens is 1. The molecule has 0 saturated carbocycles. The smallest absolute Gasteiger partial charge is 0.189 e. The van der Waals surface area contributed by atoms with Gasteiger partial charge in [-0.3, -0.25) is 0 Å². The van der Waals surface area contributed by atoms with Crippen LogP contribution in [0.4, 0.5) is 5.82 Å². The summed E-state index contributed by atoms with van der Waals surface area (Å²) < 4.78 is 0.324. The molecule has 5 nitrogen and oxygen atoms in total. The van der Waals surface area contributed by atoms with Crippen LogP contribution >= 0.6 is 12.2 Å². The highest BCUT2D eigenvalue weighted by Gasteiger charge is 1.91. The molecule has 0 aliphatic carbocycles. The molecule has 0 radical (unpaired) electrons. The second kappa shape index (κ2) is 1.48. The number of nitrogens with one attached hydrogen (secondary N) is 1. The fourth-order valence-electron chi connectivity index (χ4n) is 0.324. The molecule has 1 aromatic rings.